The van der Waals surface area contributed by atoms with E-state index in [4.69, 9.17) is 26.8 Å². The van der Waals surface area contributed by atoms with Crippen molar-refractivity contribution >= 4 is 40.1 Å². The van der Waals surface area contributed by atoms with Crippen LogP contribution in [0.5, 0.6) is 5.88 Å². The summed E-state index contributed by atoms with van der Waals surface area (Å²) in [6.07, 6.45) is 0. The first-order valence-electron chi connectivity index (χ1n) is 10.0. The summed E-state index contributed by atoms with van der Waals surface area (Å²) in [7, 11) is 0. The lowest BCUT2D eigenvalue weighted by Crippen LogP contribution is -2.42. The number of carbonyl (C=O) groups is 2. The Balaban J connectivity index is 1.54. The van der Waals surface area contributed by atoms with Gasteiger partial charge in [0.2, 0.25) is 5.88 Å². The van der Waals surface area contributed by atoms with Crippen LogP contribution in [0.15, 0.2) is 18.2 Å². The summed E-state index contributed by atoms with van der Waals surface area (Å²) in [5, 5.41) is 5.78. The molecule has 1 aliphatic heterocycles. The molecule has 2 heterocycles. The van der Waals surface area contributed by atoms with Crippen molar-refractivity contribution in [2.75, 3.05) is 44.7 Å². The number of primary amides is 1. The zero-order chi connectivity index (χ0) is 23.1. The van der Waals surface area contributed by atoms with E-state index >= 15 is 0 Å². The molecule has 3 rings (SSSR count). The molecule has 1 saturated heterocycles. The fourth-order valence-corrected chi connectivity index (χ4v) is 4.06. The first-order chi connectivity index (χ1) is 15.3. The number of carbonyl (C=O) groups excluding carboxylic acids is 2. The van der Waals surface area contributed by atoms with Gasteiger partial charge < -0.3 is 20.5 Å². The minimum atomic E-state index is -0.818. The fourth-order valence-electron chi connectivity index (χ4n) is 3.16. The molecule has 12 heteroatoms. The van der Waals surface area contributed by atoms with E-state index in [1.54, 1.807) is 0 Å². The minimum Gasteiger partial charge on any atom is -0.471 e. The number of nitrogens with zero attached hydrogens (tertiary/aromatic N) is 2. The Morgan fingerprint density at radius 1 is 1.41 bits per heavy atom. The molecular weight excluding hydrogens is 461 g/mol. The lowest BCUT2D eigenvalue weighted by Gasteiger charge is -2.29. The van der Waals surface area contributed by atoms with E-state index in [0.29, 0.717) is 6.54 Å². The number of rotatable bonds is 9. The van der Waals surface area contributed by atoms with Gasteiger partial charge >= 0.3 is 6.03 Å². The fraction of sp³-hybridized carbons (Fsp3) is 0.450. The van der Waals surface area contributed by atoms with Gasteiger partial charge in [-0.15, -0.1) is 0 Å². The van der Waals surface area contributed by atoms with Crippen LogP contribution < -0.4 is 21.1 Å². The Morgan fingerprint density at radius 2 is 2.16 bits per heavy atom. The molecule has 1 fully saturated rings. The quantitative estimate of drug-likeness (QED) is 0.502. The lowest BCUT2D eigenvalue weighted by atomic mass is 10.1. The molecule has 4 N–H and O–H groups in total. The van der Waals surface area contributed by atoms with Gasteiger partial charge in [0, 0.05) is 36.8 Å². The van der Waals surface area contributed by atoms with Crippen molar-refractivity contribution in [3.63, 3.8) is 0 Å². The van der Waals surface area contributed by atoms with Crippen molar-refractivity contribution < 1.29 is 23.5 Å². The molecule has 0 spiro atoms. The molecule has 1 unspecified atom stereocenters. The number of benzene rings is 1. The second-order valence-corrected chi connectivity index (χ2v) is 8.64. The summed E-state index contributed by atoms with van der Waals surface area (Å²) in [4.78, 5) is 26.5. The number of nitrogens with one attached hydrogen (secondary N) is 2. The average molecular weight is 486 g/mol. The Hall–Kier alpha value is -2.47. The van der Waals surface area contributed by atoms with Crippen molar-refractivity contribution in [1.82, 2.24) is 14.6 Å². The maximum Gasteiger partial charge on any atom is 0.319 e. The smallest absolute Gasteiger partial charge is 0.319 e. The third-order valence-corrected chi connectivity index (χ3v) is 5.78. The SMILES string of the molecule is CC(CNC(=O)Nc1snc(OCc2ccc(Cl)cc2F)c1C(N)=O)CN1CCOCC1. The largest absolute Gasteiger partial charge is 0.471 e. The average Bonchev–Trinajstić information content (AvgIpc) is 3.15. The lowest BCUT2D eigenvalue weighted by molar-refractivity contribution is 0.0320. The number of ether oxygens (including phenoxy) is 2. The predicted octanol–water partition coefficient (Wildman–Crippen LogP) is 2.70. The molecule has 0 aliphatic carbocycles. The highest BCUT2D eigenvalue weighted by atomic mass is 35.5. The van der Waals surface area contributed by atoms with Crippen molar-refractivity contribution in [2.24, 2.45) is 11.7 Å². The van der Waals surface area contributed by atoms with E-state index in [1.165, 1.54) is 12.1 Å². The molecule has 0 saturated carbocycles. The topological polar surface area (TPSA) is 119 Å². The summed E-state index contributed by atoms with van der Waals surface area (Å²) >= 11 is 6.59. The van der Waals surface area contributed by atoms with Gasteiger partial charge in [0.05, 0.1) is 13.2 Å². The van der Waals surface area contributed by atoms with Gasteiger partial charge in [-0.25, -0.2) is 9.18 Å². The third kappa shape index (κ3) is 6.76. The van der Waals surface area contributed by atoms with E-state index in [9.17, 15) is 14.0 Å². The summed E-state index contributed by atoms with van der Waals surface area (Å²) in [5.41, 5.74) is 5.62. The Morgan fingerprint density at radius 3 is 2.84 bits per heavy atom. The first-order valence-corrected chi connectivity index (χ1v) is 11.2. The van der Waals surface area contributed by atoms with Crippen LogP contribution in [0.25, 0.3) is 0 Å². The van der Waals surface area contributed by atoms with Gasteiger partial charge in [-0.1, -0.05) is 24.6 Å². The number of amides is 3. The number of halogens is 2. The van der Waals surface area contributed by atoms with E-state index in [0.717, 1.165) is 50.4 Å². The van der Waals surface area contributed by atoms with Gasteiger partial charge in [-0.2, -0.15) is 4.37 Å². The Labute approximate surface area is 194 Å². The Kier molecular flexibility index (Phi) is 8.62. The van der Waals surface area contributed by atoms with Crippen LogP contribution in [0.4, 0.5) is 14.2 Å². The zero-order valence-corrected chi connectivity index (χ0v) is 19.1. The molecular formula is C20H25ClFN5O4S. The normalized spacial score (nSPS) is 15.2. The minimum absolute atomic E-state index is 0.0686. The molecule has 1 aromatic heterocycles. The Bertz CT molecular complexity index is 954. The molecule has 0 radical (unpaired) electrons. The maximum atomic E-state index is 13.9. The van der Waals surface area contributed by atoms with Gasteiger partial charge in [0.1, 0.15) is 23.0 Å². The van der Waals surface area contributed by atoms with E-state index in [2.05, 4.69) is 19.9 Å². The number of hydrogen-bond donors (Lipinski definition) is 3. The van der Waals surface area contributed by atoms with Gasteiger partial charge in [-0.3, -0.25) is 15.0 Å². The van der Waals surface area contributed by atoms with Crippen molar-refractivity contribution in [2.45, 2.75) is 13.5 Å². The van der Waals surface area contributed by atoms with E-state index < -0.39 is 17.8 Å². The predicted molar refractivity (Wildman–Crippen MR) is 120 cm³/mol. The number of morpholine rings is 1. The van der Waals surface area contributed by atoms with Crippen LogP contribution in [-0.2, 0) is 11.3 Å². The maximum absolute atomic E-state index is 13.9. The van der Waals surface area contributed by atoms with E-state index in [1.807, 2.05) is 6.92 Å². The van der Waals surface area contributed by atoms with Crippen LogP contribution in [0.2, 0.25) is 5.02 Å². The van der Waals surface area contributed by atoms with Crippen LogP contribution >= 0.6 is 23.1 Å². The summed E-state index contributed by atoms with van der Waals surface area (Å²) in [5.74, 6) is -1.21. The van der Waals surface area contributed by atoms with Crippen molar-refractivity contribution in [3.8, 4) is 5.88 Å². The van der Waals surface area contributed by atoms with Crippen LogP contribution in [-0.4, -0.2) is 60.6 Å². The molecule has 1 aromatic carbocycles. The monoisotopic (exact) mass is 485 g/mol. The molecule has 0 bridgehead atoms. The molecule has 1 atom stereocenters. The van der Waals surface area contributed by atoms with Crippen molar-refractivity contribution in [1.29, 1.82) is 0 Å². The van der Waals surface area contributed by atoms with Crippen LogP contribution in [0.3, 0.4) is 0 Å². The second-order valence-electron chi connectivity index (χ2n) is 7.43. The number of aromatic nitrogens is 1. The molecule has 9 nitrogen and oxygen atoms in total. The first kappa shape index (κ1) is 24.2. The van der Waals surface area contributed by atoms with Gasteiger partial charge in [0.25, 0.3) is 5.91 Å². The van der Waals surface area contributed by atoms with Gasteiger partial charge in [0.15, 0.2) is 0 Å². The number of nitrogens with two attached hydrogens (primary N) is 1. The standard InChI is InChI=1S/C20H25ClFN5O4S/c1-12(10-27-4-6-30-7-5-27)9-24-20(29)25-19-16(17(23)28)18(26-32-19)31-11-13-2-3-14(21)8-15(13)22/h2-3,8,12H,4-7,9-11H2,1H3,(H2,23,28)(H2,24,25,29). The highest BCUT2D eigenvalue weighted by molar-refractivity contribution is 7.11. The zero-order valence-electron chi connectivity index (χ0n) is 17.5. The summed E-state index contributed by atoms with van der Waals surface area (Å²) in [6.45, 7) is 6.35. The highest BCUT2D eigenvalue weighted by Gasteiger charge is 2.23. The molecule has 174 valence electrons. The second kappa shape index (κ2) is 11.4. The number of anilines is 1. The summed E-state index contributed by atoms with van der Waals surface area (Å²) in [6, 6.07) is 3.67. The van der Waals surface area contributed by atoms with Crippen LogP contribution in [0, 0.1) is 11.7 Å². The highest BCUT2D eigenvalue weighted by Crippen LogP contribution is 2.31. The van der Waals surface area contributed by atoms with E-state index in [-0.39, 0.29) is 39.6 Å². The molecule has 2 aromatic rings. The number of hydrogen-bond acceptors (Lipinski definition) is 7. The molecule has 1 aliphatic rings. The third-order valence-electron chi connectivity index (χ3n) is 4.80. The molecule has 32 heavy (non-hydrogen) atoms. The van der Waals surface area contributed by atoms with Crippen molar-refractivity contribution in [3.05, 3.63) is 40.2 Å². The summed E-state index contributed by atoms with van der Waals surface area (Å²) < 4.78 is 28.8. The van der Waals surface area contributed by atoms with Gasteiger partial charge in [-0.05, 0) is 29.6 Å². The number of urea groups is 1. The molecule has 3 amide bonds. The van der Waals surface area contributed by atoms with Crippen LogP contribution in [0.1, 0.15) is 22.8 Å².